The number of aliphatic hydroxyl groups excluding tert-OH is 1. The van der Waals surface area contributed by atoms with Gasteiger partial charge >= 0.3 is 5.97 Å². The highest BCUT2D eigenvalue weighted by molar-refractivity contribution is 6.03. The third kappa shape index (κ3) is 10.1. The van der Waals surface area contributed by atoms with Crippen LogP contribution in [-0.2, 0) is 40.1 Å². The molecule has 1 aliphatic heterocycles. The number of nitrogens with one attached hydrogen (secondary N) is 3. The van der Waals surface area contributed by atoms with Gasteiger partial charge in [0.25, 0.3) is 0 Å². The summed E-state index contributed by atoms with van der Waals surface area (Å²) >= 11 is 0. The van der Waals surface area contributed by atoms with E-state index in [1.54, 1.807) is 45.0 Å². The van der Waals surface area contributed by atoms with E-state index >= 15 is 0 Å². The van der Waals surface area contributed by atoms with Crippen LogP contribution in [0.4, 0.5) is 5.69 Å². The van der Waals surface area contributed by atoms with Crippen LogP contribution in [0, 0.1) is 11.8 Å². The minimum Gasteiger partial charge on any atom is -0.461 e. The van der Waals surface area contributed by atoms with Gasteiger partial charge in [-0.3, -0.25) is 33.7 Å². The Bertz CT molecular complexity index is 1070. The average Bonchev–Trinajstić information content (AvgIpc) is 3.14. The number of nitrogens with zero attached hydrogens (tertiary/aromatic N) is 1. The number of hydrogen-bond donors (Lipinski definition) is 4. The number of hydrogen-bond acceptors (Lipinski definition) is 8. The molecule has 0 aliphatic carbocycles. The first kappa shape index (κ1) is 32.4. The number of unbranched alkanes of at least 4 members (excludes halogenated alkanes) is 2. The van der Waals surface area contributed by atoms with Crippen LogP contribution < -0.4 is 16.0 Å². The molecule has 0 aromatic heterocycles. The molecule has 12 heteroatoms. The molecule has 5 amide bonds. The highest BCUT2D eigenvalue weighted by atomic mass is 16.5. The summed E-state index contributed by atoms with van der Waals surface area (Å²) < 4.78 is 4.94. The molecule has 220 valence electrons. The molecule has 1 saturated heterocycles. The van der Waals surface area contributed by atoms with Gasteiger partial charge in [0.15, 0.2) is 0 Å². The van der Waals surface area contributed by atoms with Crippen LogP contribution >= 0.6 is 0 Å². The molecule has 1 heterocycles. The molecule has 4 N–H and O–H groups in total. The van der Waals surface area contributed by atoms with Crippen molar-refractivity contribution in [2.45, 2.75) is 78.5 Å². The fourth-order valence-electron chi connectivity index (χ4n) is 4.15. The Kier molecular flexibility index (Phi) is 12.7. The lowest BCUT2D eigenvalue weighted by atomic mass is 10.0. The lowest BCUT2D eigenvalue weighted by Gasteiger charge is -2.24. The van der Waals surface area contributed by atoms with Crippen molar-refractivity contribution in [2.24, 2.45) is 11.8 Å². The third-order valence-corrected chi connectivity index (χ3v) is 6.50. The minimum absolute atomic E-state index is 0.101. The Morgan fingerprint density at radius 3 is 2.25 bits per heavy atom. The number of rotatable bonds is 15. The van der Waals surface area contributed by atoms with Crippen LogP contribution in [0.3, 0.4) is 0 Å². The predicted molar refractivity (Wildman–Crippen MR) is 145 cm³/mol. The topological polar surface area (TPSA) is 171 Å². The van der Waals surface area contributed by atoms with E-state index < -0.39 is 42.4 Å². The summed E-state index contributed by atoms with van der Waals surface area (Å²) in [6.07, 6.45) is 1.99. The van der Waals surface area contributed by atoms with Gasteiger partial charge < -0.3 is 25.8 Å². The molecular weight excluding hydrogens is 520 g/mol. The van der Waals surface area contributed by atoms with Gasteiger partial charge in [0.1, 0.15) is 18.7 Å². The fraction of sp³-hybridized carbons (Fsp3) is 0.571. The lowest BCUT2D eigenvalue weighted by Crippen LogP contribution is -2.55. The first-order chi connectivity index (χ1) is 18.9. The quantitative estimate of drug-likeness (QED) is 0.141. The van der Waals surface area contributed by atoms with E-state index in [1.807, 2.05) is 0 Å². The smallest absolute Gasteiger partial charge is 0.302 e. The molecule has 0 radical (unpaired) electrons. The number of benzene rings is 1. The second kappa shape index (κ2) is 15.7. The highest BCUT2D eigenvalue weighted by Crippen LogP contribution is 2.19. The van der Waals surface area contributed by atoms with Gasteiger partial charge in [-0.25, -0.2) is 0 Å². The van der Waals surface area contributed by atoms with Gasteiger partial charge in [-0.2, -0.15) is 0 Å². The summed E-state index contributed by atoms with van der Waals surface area (Å²) in [5, 5.41) is 17.5. The number of amides is 5. The molecule has 0 bridgehead atoms. The molecule has 3 atom stereocenters. The van der Waals surface area contributed by atoms with E-state index in [-0.39, 0.29) is 43.1 Å². The SMILES string of the molecule is CC(=O)OCc1ccc(NC(=O)C(NC(=O)C(CO)NC(=O)CCCCCN2C(=O)CC(C)C2=O)C(C)C)cc1. The van der Waals surface area contributed by atoms with Crippen molar-refractivity contribution in [2.75, 3.05) is 18.5 Å². The minimum atomic E-state index is -1.23. The Hall–Kier alpha value is -3.80. The van der Waals surface area contributed by atoms with E-state index in [0.29, 0.717) is 31.5 Å². The first-order valence-electron chi connectivity index (χ1n) is 13.5. The second-order valence-corrected chi connectivity index (χ2v) is 10.3. The predicted octanol–water partition coefficient (Wildman–Crippen LogP) is 1.26. The number of esters is 1. The first-order valence-corrected chi connectivity index (χ1v) is 13.5. The van der Waals surface area contributed by atoms with Crippen LogP contribution in [0.25, 0.3) is 0 Å². The van der Waals surface area contributed by atoms with Gasteiger partial charge in [0.2, 0.25) is 29.5 Å². The van der Waals surface area contributed by atoms with E-state index in [4.69, 9.17) is 4.74 Å². The normalized spacial score (nSPS) is 16.4. The zero-order valence-corrected chi connectivity index (χ0v) is 23.5. The molecule has 12 nitrogen and oxygen atoms in total. The standard InChI is InChI=1S/C28H40N4O8/c1-17(2)25(27(38)29-21-11-9-20(10-12-21)16-40-19(4)34)31-26(37)22(15-33)30-23(35)8-6-5-7-13-32-24(36)14-18(3)28(32)39/h9-12,17-18,22,25,33H,5-8,13-16H2,1-4H3,(H,29,38)(H,30,35)(H,31,37). The Morgan fingerprint density at radius 1 is 1.02 bits per heavy atom. The summed E-state index contributed by atoms with van der Waals surface area (Å²) in [4.78, 5) is 74.0. The van der Waals surface area contributed by atoms with Gasteiger partial charge in [-0.1, -0.05) is 39.3 Å². The summed E-state index contributed by atoms with van der Waals surface area (Å²) in [5.41, 5.74) is 1.23. The van der Waals surface area contributed by atoms with Gasteiger partial charge in [0.05, 0.1) is 6.61 Å². The van der Waals surface area contributed by atoms with Crippen molar-refractivity contribution in [3.05, 3.63) is 29.8 Å². The average molecular weight is 561 g/mol. The lowest BCUT2D eigenvalue weighted by molar-refractivity contribution is -0.142. The Labute approximate surface area is 234 Å². The Balaban J connectivity index is 1.80. The maximum Gasteiger partial charge on any atom is 0.302 e. The summed E-state index contributed by atoms with van der Waals surface area (Å²) in [5.74, 6) is -2.91. The van der Waals surface area contributed by atoms with Crippen molar-refractivity contribution >= 4 is 41.2 Å². The second-order valence-electron chi connectivity index (χ2n) is 10.3. The van der Waals surface area contributed by atoms with Crippen molar-refractivity contribution in [1.29, 1.82) is 0 Å². The van der Waals surface area contributed by atoms with Gasteiger partial charge in [0, 0.05) is 37.9 Å². The molecule has 40 heavy (non-hydrogen) atoms. The number of imide groups is 1. The largest absolute Gasteiger partial charge is 0.461 e. The number of carbonyl (C=O) groups excluding carboxylic acids is 6. The van der Waals surface area contributed by atoms with E-state index in [2.05, 4.69) is 16.0 Å². The highest BCUT2D eigenvalue weighted by Gasteiger charge is 2.34. The molecule has 1 aromatic carbocycles. The summed E-state index contributed by atoms with van der Waals surface area (Å²) in [6, 6.07) is 4.53. The van der Waals surface area contributed by atoms with Crippen LogP contribution in [0.1, 0.15) is 65.4 Å². The molecule has 2 rings (SSSR count). The summed E-state index contributed by atoms with van der Waals surface area (Å²) in [6.45, 7) is 6.33. The maximum atomic E-state index is 12.9. The van der Waals surface area contributed by atoms with Crippen LogP contribution in [0.5, 0.6) is 0 Å². The maximum absolute atomic E-state index is 12.9. The molecule has 3 unspecified atom stereocenters. The number of aliphatic hydroxyl groups is 1. The molecule has 0 spiro atoms. The van der Waals surface area contributed by atoms with Crippen molar-refractivity contribution in [3.8, 4) is 0 Å². The number of ether oxygens (including phenoxy) is 1. The van der Waals surface area contributed by atoms with Gasteiger partial charge in [-0.05, 0) is 36.5 Å². The monoisotopic (exact) mass is 560 g/mol. The fourth-order valence-corrected chi connectivity index (χ4v) is 4.15. The number of likely N-dealkylation sites (tertiary alicyclic amines) is 1. The van der Waals surface area contributed by atoms with Crippen LogP contribution in [0.2, 0.25) is 0 Å². The van der Waals surface area contributed by atoms with Crippen molar-refractivity contribution in [1.82, 2.24) is 15.5 Å². The van der Waals surface area contributed by atoms with Crippen molar-refractivity contribution in [3.63, 3.8) is 0 Å². The van der Waals surface area contributed by atoms with Crippen LogP contribution in [-0.4, -0.2) is 70.7 Å². The van der Waals surface area contributed by atoms with E-state index in [0.717, 1.165) is 5.56 Å². The third-order valence-electron chi connectivity index (χ3n) is 6.50. The Morgan fingerprint density at radius 2 is 1.70 bits per heavy atom. The molecule has 1 aromatic rings. The van der Waals surface area contributed by atoms with Gasteiger partial charge in [-0.15, -0.1) is 0 Å². The molecule has 0 saturated carbocycles. The molecule has 1 aliphatic rings. The molecule has 1 fully saturated rings. The van der Waals surface area contributed by atoms with E-state index in [9.17, 15) is 33.9 Å². The van der Waals surface area contributed by atoms with Crippen LogP contribution in [0.15, 0.2) is 24.3 Å². The number of anilines is 1. The summed E-state index contributed by atoms with van der Waals surface area (Å²) in [7, 11) is 0. The zero-order chi connectivity index (χ0) is 29.8. The van der Waals surface area contributed by atoms with Crippen molar-refractivity contribution < 1.29 is 38.6 Å². The number of carbonyl (C=O) groups is 6. The zero-order valence-electron chi connectivity index (χ0n) is 23.5. The molecular formula is C28H40N4O8. The van der Waals surface area contributed by atoms with E-state index in [1.165, 1.54) is 11.8 Å².